The van der Waals surface area contributed by atoms with Gasteiger partial charge < -0.3 is 15.7 Å². The number of amides is 1. The van der Waals surface area contributed by atoms with Crippen molar-refractivity contribution in [2.75, 3.05) is 13.1 Å². The van der Waals surface area contributed by atoms with Gasteiger partial charge >= 0.3 is 0 Å². The highest BCUT2D eigenvalue weighted by atomic mass is 16.3. The van der Waals surface area contributed by atoms with Gasteiger partial charge in [-0.2, -0.15) is 0 Å². The van der Waals surface area contributed by atoms with Gasteiger partial charge in [0.25, 0.3) is 0 Å². The van der Waals surface area contributed by atoms with Crippen LogP contribution < -0.4 is 10.6 Å². The fourth-order valence-corrected chi connectivity index (χ4v) is 2.66. The smallest absolute Gasteiger partial charge is 0.224 e. The molecule has 0 spiro atoms. The van der Waals surface area contributed by atoms with E-state index in [1.165, 1.54) is 0 Å². The van der Waals surface area contributed by atoms with Gasteiger partial charge in [0, 0.05) is 6.54 Å². The van der Waals surface area contributed by atoms with Crippen LogP contribution in [-0.4, -0.2) is 36.2 Å². The van der Waals surface area contributed by atoms with Crippen LogP contribution in [0, 0.1) is 5.92 Å². The molecule has 1 amide bonds. The number of hydrogen-bond acceptors (Lipinski definition) is 3. The summed E-state index contributed by atoms with van der Waals surface area (Å²) in [6.07, 6.45) is 5.66. The van der Waals surface area contributed by atoms with E-state index in [1.54, 1.807) is 0 Å². The van der Waals surface area contributed by atoms with Gasteiger partial charge in [0.15, 0.2) is 0 Å². The third-order valence-corrected chi connectivity index (χ3v) is 3.72. The molecule has 1 saturated carbocycles. The zero-order valence-electron chi connectivity index (χ0n) is 9.74. The molecular weight excluding hydrogens is 204 g/mol. The Morgan fingerprint density at radius 1 is 1.19 bits per heavy atom. The molecule has 0 aromatic rings. The van der Waals surface area contributed by atoms with Crippen LogP contribution in [0.1, 0.15) is 38.5 Å². The fraction of sp³-hybridized carbons (Fsp3) is 0.917. The maximum atomic E-state index is 11.9. The summed E-state index contributed by atoms with van der Waals surface area (Å²) in [7, 11) is 0. The first-order valence-corrected chi connectivity index (χ1v) is 6.46. The van der Waals surface area contributed by atoms with Gasteiger partial charge in [0.1, 0.15) is 0 Å². The Kier molecular flexibility index (Phi) is 4.18. The van der Waals surface area contributed by atoms with Crippen molar-refractivity contribution >= 4 is 5.91 Å². The van der Waals surface area contributed by atoms with Crippen LogP contribution in [0.15, 0.2) is 0 Å². The molecule has 0 bridgehead atoms. The van der Waals surface area contributed by atoms with Crippen molar-refractivity contribution in [3.63, 3.8) is 0 Å². The molecule has 4 nitrogen and oxygen atoms in total. The summed E-state index contributed by atoms with van der Waals surface area (Å²) in [6, 6.07) is -0.0109. The molecule has 0 aromatic carbocycles. The highest BCUT2D eigenvalue weighted by Crippen LogP contribution is 2.19. The molecule has 92 valence electrons. The maximum Gasteiger partial charge on any atom is 0.224 e. The second kappa shape index (κ2) is 5.64. The van der Waals surface area contributed by atoms with E-state index in [4.69, 9.17) is 0 Å². The Bertz CT molecular complexity index is 239. The number of carbonyl (C=O) groups is 1. The number of aliphatic hydroxyl groups is 1. The number of hydrogen-bond donors (Lipinski definition) is 3. The molecule has 16 heavy (non-hydrogen) atoms. The summed E-state index contributed by atoms with van der Waals surface area (Å²) < 4.78 is 0. The first kappa shape index (κ1) is 11.9. The lowest BCUT2D eigenvalue weighted by Crippen LogP contribution is -2.49. The average Bonchev–Trinajstić information content (AvgIpc) is 2.33. The Balaban J connectivity index is 1.80. The number of nitrogens with one attached hydrogen (secondary N) is 2. The summed E-state index contributed by atoms with van der Waals surface area (Å²) in [5.74, 6) is 0.223. The van der Waals surface area contributed by atoms with Crippen molar-refractivity contribution in [3.8, 4) is 0 Å². The van der Waals surface area contributed by atoms with Gasteiger partial charge in [-0.1, -0.05) is 12.8 Å². The summed E-state index contributed by atoms with van der Waals surface area (Å²) in [5, 5.41) is 16.0. The van der Waals surface area contributed by atoms with E-state index in [0.717, 1.165) is 51.6 Å². The minimum absolute atomic E-state index is 0.0109. The summed E-state index contributed by atoms with van der Waals surface area (Å²) in [5.41, 5.74) is 0. The summed E-state index contributed by atoms with van der Waals surface area (Å²) >= 11 is 0. The Labute approximate surface area is 96.8 Å². The maximum absolute atomic E-state index is 11.9. The normalized spacial score (nSPS) is 35.7. The molecule has 0 aromatic heterocycles. The van der Waals surface area contributed by atoms with Crippen molar-refractivity contribution < 1.29 is 9.90 Å². The minimum atomic E-state index is -0.339. The van der Waals surface area contributed by atoms with Crippen LogP contribution in [0.4, 0.5) is 0 Å². The molecule has 2 aliphatic rings. The SMILES string of the molecule is O=C(N[C@@H]1CCCC[C@H]1O)[C@@H]1CCCNC1. The fourth-order valence-electron chi connectivity index (χ4n) is 2.66. The molecule has 1 aliphatic heterocycles. The first-order chi connectivity index (χ1) is 7.77. The van der Waals surface area contributed by atoms with Crippen LogP contribution in [0.2, 0.25) is 0 Å². The van der Waals surface area contributed by atoms with Gasteiger partial charge in [-0.3, -0.25) is 4.79 Å². The van der Waals surface area contributed by atoms with E-state index in [1.807, 2.05) is 0 Å². The van der Waals surface area contributed by atoms with E-state index in [-0.39, 0.29) is 24.0 Å². The number of aliphatic hydroxyl groups excluding tert-OH is 1. The molecule has 1 aliphatic carbocycles. The second-order valence-corrected chi connectivity index (χ2v) is 5.01. The summed E-state index contributed by atoms with van der Waals surface area (Å²) in [6.45, 7) is 1.81. The lowest BCUT2D eigenvalue weighted by Gasteiger charge is -2.31. The van der Waals surface area contributed by atoms with E-state index < -0.39 is 0 Å². The standard InChI is InChI=1S/C12H22N2O2/c15-11-6-2-1-5-10(11)14-12(16)9-4-3-7-13-8-9/h9-11,13,15H,1-8H2,(H,14,16)/t9-,10-,11-/m1/s1. The van der Waals surface area contributed by atoms with Crippen molar-refractivity contribution in [1.82, 2.24) is 10.6 Å². The Morgan fingerprint density at radius 3 is 2.69 bits per heavy atom. The number of carbonyl (C=O) groups excluding carboxylic acids is 1. The summed E-state index contributed by atoms with van der Waals surface area (Å²) in [4.78, 5) is 11.9. The van der Waals surface area contributed by atoms with E-state index in [9.17, 15) is 9.90 Å². The lowest BCUT2D eigenvalue weighted by atomic mass is 9.91. The third-order valence-electron chi connectivity index (χ3n) is 3.72. The molecule has 0 radical (unpaired) electrons. The van der Waals surface area contributed by atoms with Crippen molar-refractivity contribution in [2.45, 2.75) is 50.7 Å². The lowest BCUT2D eigenvalue weighted by molar-refractivity contribution is -0.127. The third kappa shape index (κ3) is 2.95. The van der Waals surface area contributed by atoms with Crippen molar-refractivity contribution in [1.29, 1.82) is 0 Å². The molecule has 2 rings (SSSR count). The van der Waals surface area contributed by atoms with Crippen LogP contribution in [0.3, 0.4) is 0 Å². The number of rotatable bonds is 2. The molecule has 3 atom stereocenters. The van der Waals surface area contributed by atoms with E-state index in [2.05, 4.69) is 10.6 Å². The molecule has 0 unspecified atom stereocenters. The zero-order chi connectivity index (χ0) is 11.4. The van der Waals surface area contributed by atoms with Gasteiger partial charge in [-0.25, -0.2) is 0 Å². The molecule has 2 fully saturated rings. The quantitative estimate of drug-likeness (QED) is 0.639. The van der Waals surface area contributed by atoms with Gasteiger partial charge in [0.2, 0.25) is 5.91 Å². The number of piperidine rings is 1. The van der Waals surface area contributed by atoms with Crippen LogP contribution in [-0.2, 0) is 4.79 Å². The molecular formula is C12H22N2O2. The largest absolute Gasteiger partial charge is 0.391 e. The molecule has 3 N–H and O–H groups in total. The van der Waals surface area contributed by atoms with E-state index >= 15 is 0 Å². The van der Waals surface area contributed by atoms with E-state index in [0.29, 0.717) is 0 Å². The van der Waals surface area contributed by atoms with Gasteiger partial charge in [-0.05, 0) is 32.2 Å². The first-order valence-electron chi connectivity index (χ1n) is 6.46. The molecule has 1 saturated heterocycles. The van der Waals surface area contributed by atoms with Gasteiger partial charge in [-0.15, -0.1) is 0 Å². The topological polar surface area (TPSA) is 61.4 Å². The van der Waals surface area contributed by atoms with Crippen LogP contribution in [0.5, 0.6) is 0 Å². The minimum Gasteiger partial charge on any atom is -0.391 e. The van der Waals surface area contributed by atoms with Crippen molar-refractivity contribution in [2.24, 2.45) is 5.92 Å². The van der Waals surface area contributed by atoms with Gasteiger partial charge in [0.05, 0.1) is 18.1 Å². The Hall–Kier alpha value is -0.610. The molecule has 1 heterocycles. The monoisotopic (exact) mass is 226 g/mol. The average molecular weight is 226 g/mol. The predicted molar refractivity (Wildman–Crippen MR) is 62.0 cm³/mol. The Morgan fingerprint density at radius 2 is 2.00 bits per heavy atom. The zero-order valence-corrected chi connectivity index (χ0v) is 9.74. The highest BCUT2D eigenvalue weighted by molar-refractivity contribution is 5.79. The van der Waals surface area contributed by atoms with Crippen molar-refractivity contribution in [3.05, 3.63) is 0 Å². The second-order valence-electron chi connectivity index (χ2n) is 5.01. The highest BCUT2D eigenvalue weighted by Gasteiger charge is 2.28. The van der Waals surface area contributed by atoms with Crippen LogP contribution >= 0.6 is 0 Å². The van der Waals surface area contributed by atoms with Crippen LogP contribution in [0.25, 0.3) is 0 Å². The molecule has 4 heteroatoms. The predicted octanol–water partition coefficient (Wildman–Crippen LogP) is 0.406.